The van der Waals surface area contributed by atoms with E-state index in [2.05, 4.69) is 20.1 Å². The predicted molar refractivity (Wildman–Crippen MR) is 132 cm³/mol. The number of piperidine rings is 2. The summed E-state index contributed by atoms with van der Waals surface area (Å²) in [4.78, 5) is 30.9. The Morgan fingerprint density at radius 2 is 1.53 bits per heavy atom. The zero-order valence-electron chi connectivity index (χ0n) is 20.3. The minimum atomic E-state index is -0.659. The first-order valence-electron chi connectivity index (χ1n) is 11.8. The van der Waals surface area contributed by atoms with Crippen LogP contribution in [-0.2, 0) is 4.74 Å². The normalized spacial score (nSPS) is 19.7. The molecule has 186 valence electrons. The van der Waals surface area contributed by atoms with E-state index < -0.39 is 11.2 Å². The van der Waals surface area contributed by atoms with Gasteiger partial charge in [-0.05, 0) is 53.4 Å². The van der Waals surface area contributed by atoms with Crippen molar-refractivity contribution < 1.29 is 19.7 Å². The van der Waals surface area contributed by atoms with Crippen LogP contribution in [0.4, 0.5) is 22.7 Å². The van der Waals surface area contributed by atoms with E-state index in [9.17, 15) is 15.0 Å². The molecule has 0 bridgehead atoms. The third-order valence-corrected chi connectivity index (χ3v) is 7.56. The monoisotopic (exact) mass is 490 g/mol. The lowest BCUT2D eigenvalue weighted by molar-refractivity contribution is 0.0347. The highest BCUT2D eigenvalue weighted by atomic mass is 32.1. The summed E-state index contributed by atoms with van der Waals surface area (Å²) in [6, 6.07) is 1.97. The number of hydrogen-bond acceptors (Lipinski definition) is 11. The smallest absolute Gasteiger partial charge is 0.350 e. The second kappa shape index (κ2) is 9.63. The fourth-order valence-electron chi connectivity index (χ4n) is 4.17. The molecule has 4 heterocycles. The molecule has 4 rings (SSSR count). The van der Waals surface area contributed by atoms with Crippen LogP contribution in [0.2, 0.25) is 0 Å². The van der Waals surface area contributed by atoms with Crippen molar-refractivity contribution in [2.24, 2.45) is 0 Å². The lowest BCUT2D eigenvalue weighted by Crippen LogP contribution is -2.44. The highest BCUT2D eigenvalue weighted by Crippen LogP contribution is 2.32. The van der Waals surface area contributed by atoms with E-state index in [1.807, 2.05) is 19.9 Å². The number of nitrogens with one attached hydrogen (secondary N) is 1. The lowest BCUT2D eigenvalue weighted by Gasteiger charge is -2.38. The zero-order chi connectivity index (χ0) is 24.5. The van der Waals surface area contributed by atoms with Gasteiger partial charge in [-0.2, -0.15) is 9.97 Å². The lowest BCUT2D eigenvalue weighted by atomic mass is 9.93. The summed E-state index contributed by atoms with van der Waals surface area (Å²) in [5, 5.41) is 24.4. The number of anilines is 4. The van der Waals surface area contributed by atoms with E-state index in [0.717, 1.165) is 11.6 Å². The number of nitrogens with zero attached hydrogens (tertiary/aromatic N) is 5. The van der Waals surface area contributed by atoms with Gasteiger partial charge in [-0.1, -0.05) is 11.3 Å². The van der Waals surface area contributed by atoms with Crippen LogP contribution in [0.1, 0.15) is 61.8 Å². The topological polar surface area (TPSA) is 124 Å². The number of thiazole rings is 1. The first kappa shape index (κ1) is 24.6. The second-order valence-corrected chi connectivity index (χ2v) is 10.7. The molecule has 2 aromatic heterocycles. The van der Waals surface area contributed by atoms with Crippen LogP contribution in [0, 0.1) is 6.92 Å². The summed E-state index contributed by atoms with van der Waals surface area (Å²) in [5.74, 6) is 1.56. The Morgan fingerprint density at radius 1 is 1.03 bits per heavy atom. The van der Waals surface area contributed by atoms with Gasteiger partial charge in [0.15, 0.2) is 5.13 Å². The highest BCUT2D eigenvalue weighted by molar-refractivity contribution is 7.17. The number of ether oxygens (including phenoxy) is 1. The van der Waals surface area contributed by atoms with Gasteiger partial charge in [0.1, 0.15) is 16.5 Å². The van der Waals surface area contributed by atoms with E-state index in [0.29, 0.717) is 80.1 Å². The fraction of sp³-hybridized carbons (Fsp3) is 0.652. The molecule has 2 saturated heterocycles. The number of esters is 1. The Labute approximate surface area is 204 Å². The predicted octanol–water partition coefficient (Wildman–Crippen LogP) is 2.86. The Hall–Kier alpha value is -2.50. The molecule has 0 aromatic carbocycles. The van der Waals surface area contributed by atoms with Gasteiger partial charge in [-0.15, -0.1) is 0 Å². The van der Waals surface area contributed by atoms with E-state index in [1.54, 1.807) is 13.8 Å². The largest absolute Gasteiger partial charge is 0.462 e. The number of hydrogen-bond donors (Lipinski definition) is 3. The molecule has 2 aromatic rings. The Balaban J connectivity index is 1.61. The molecular weight excluding hydrogens is 456 g/mol. The van der Waals surface area contributed by atoms with Gasteiger partial charge in [0, 0.05) is 32.2 Å². The van der Waals surface area contributed by atoms with Crippen molar-refractivity contribution in [3.8, 4) is 0 Å². The number of aliphatic hydroxyl groups is 2. The van der Waals surface area contributed by atoms with E-state index >= 15 is 0 Å². The van der Waals surface area contributed by atoms with Crippen molar-refractivity contribution in [2.75, 3.05) is 47.9 Å². The molecule has 11 heteroatoms. The Kier molecular flexibility index (Phi) is 6.97. The van der Waals surface area contributed by atoms with Crippen LogP contribution in [0.5, 0.6) is 0 Å². The molecule has 0 unspecified atom stereocenters. The Bertz CT molecular complexity index is 974. The molecule has 34 heavy (non-hydrogen) atoms. The summed E-state index contributed by atoms with van der Waals surface area (Å²) in [6.07, 6.45) is 2.65. The van der Waals surface area contributed by atoms with Crippen LogP contribution in [0.3, 0.4) is 0 Å². The summed E-state index contributed by atoms with van der Waals surface area (Å²) in [7, 11) is 0. The average molecular weight is 491 g/mol. The van der Waals surface area contributed by atoms with Gasteiger partial charge in [-0.25, -0.2) is 9.78 Å². The minimum absolute atomic E-state index is 0.304. The van der Waals surface area contributed by atoms with Crippen molar-refractivity contribution in [2.45, 2.75) is 64.6 Å². The minimum Gasteiger partial charge on any atom is -0.462 e. The van der Waals surface area contributed by atoms with Crippen LogP contribution in [0.15, 0.2) is 6.07 Å². The van der Waals surface area contributed by atoms with Crippen molar-refractivity contribution in [3.05, 3.63) is 16.6 Å². The fourth-order valence-corrected chi connectivity index (χ4v) is 5.02. The van der Waals surface area contributed by atoms with Crippen LogP contribution in [0.25, 0.3) is 0 Å². The standard InChI is InChI=1S/C23H34N6O4S/c1-5-33-19(30)18-15(2)24-21(34-18)27-20-25-16(28-10-6-22(3,31)7-11-28)14-17(26-20)29-12-8-23(4,32)9-13-29/h14,31-32H,5-13H2,1-4H3,(H,24,25,26,27). The number of carbonyl (C=O) groups excluding carboxylic acids is 1. The number of aromatic nitrogens is 3. The average Bonchev–Trinajstić information content (AvgIpc) is 3.13. The van der Waals surface area contributed by atoms with Crippen LogP contribution in [-0.4, -0.2) is 75.1 Å². The van der Waals surface area contributed by atoms with Crippen LogP contribution < -0.4 is 15.1 Å². The third kappa shape index (κ3) is 5.76. The van der Waals surface area contributed by atoms with E-state index in [1.165, 1.54) is 11.3 Å². The first-order valence-corrected chi connectivity index (χ1v) is 12.6. The van der Waals surface area contributed by atoms with Gasteiger partial charge in [0.05, 0.1) is 23.5 Å². The van der Waals surface area contributed by atoms with E-state index in [4.69, 9.17) is 14.7 Å². The molecular formula is C23H34N6O4S. The third-order valence-electron chi connectivity index (χ3n) is 6.50. The number of carbonyl (C=O) groups is 1. The maximum Gasteiger partial charge on any atom is 0.350 e. The molecule has 0 spiro atoms. The van der Waals surface area contributed by atoms with Gasteiger partial charge >= 0.3 is 5.97 Å². The molecule has 10 nitrogen and oxygen atoms in total. The van der Waals surface area contributed by atoms with Crippen molar-refractivity contribution in [1.29, 1.82) is 0 Å². The molecule has 3 N–H and O–H groups in total. The molecule has 0 amide bonds. The van der Waals surface area contributed by atoms with Crippen LogP contribution >= 0.6 is 11.3 Å². The van der Waals surface area contributed by atoms with E-state index in [-0.39, 0.29) is 5.97 Å². The number of aryl methyl sites for hydroxylation is 1. The SMILES string of the molecule is CCOC(=O)c1sc(Nc2nc(N3CCC(C)(O)CC3)cc(N3CCC(C)(O)CC3)n2)nc1C. The van der Waals surface area contributed by atoms with Gasteiger partial charge in [0.2, 0.25) is 5.95 Å². The highest BCUT2D eigenvalue weighted by Gasteiger charge is 2.31. The molecule has 0 radical (unpaired) electrons. The maximum absolute atomic E-state index is 12.2. The van der Waals surface area contributed by atoms with Crippen molar-refractivity contribution >= 4 is 40.0 Å². The number of rotatable bonds is 6. The molecule has 0 saturated carbocycles. The van der Waals surface area contributed by atoms with Gasteiger partial charge < -0.3 is 24.7 Å². The zero-order valence-corrected chi connectivity index (χ0v) is 21.1. The summed E-state index contributed by atoms with van der Waals surface area (Å²) in [5.41, 5.74) is -0.722. The van der Waals surface area contributed by atoms with Gasteiger partial charge in [-0.3, -0.25) is 5.32 Å². The summed E-state index contributed by atoms with van der Waals surface area (Å²) in [6.45, 7) is 10.4. The molecule has 0 aliphatic carbocycles. The summed E-state index contributed by atoms with van der Waals surface area (Å²) >= 11 is 1.21. The Morgan fingerprint density at radius 3 is 2.00 bits per heavy atom. The molecule has 0 atom stereocenters. The molecule has 2 aliphatic rings. The molecule has 2 aliphatic heterocycles. The summed E-state index contributed by atoms with van der Waals surface area (Å²) < 4.78 is 5.12. The second-order valence-electron chi connectivity index (χ2n) is 9.65. The van der Waals surface area contributed by atoms with Crippen molar-refractivity contribution in [3.63, 3.8) is 0 Å². The molecule has 2 fully saturated rings. The maximum atomic E-state index is 12.2. The van der Waals surface area contributed by atoms with Crippen molar-refractivity contribution in [1.82, 2.24) is 15.0 Å². The van der Waals surface area contributed by atoms with Gasteiger partial charge in [0.25, 0.3) is 0 Å². The quantitative estimate of drug-likeness (QED) is 0.521. The first-order chi connectivity index (χ1) is 16.0.